The zero-order valence-electron chi connectivity index (χ0n) is 7.09. The van der Waals surface area contributed by atoms with Gasteiger partial charge in [-0.05, 0) is 0 Å². The minimum Gasteiger partial charge on any atom is -0.239 e. The van der Waals surface area contributed by atoms with Gasteiger partial charge in [0, 0.05) is 17.2 Å². The highest BCUT2D eigenvalue weighted by Crippen LogP contribution is 2.48. The van der Waals surface area contributed by atoms with E-state index in [1.54, 1.807) is 0 Å². The molecule has 1 nitrogen and oxygen atoms in total. The second-order valence-electron chi connectivity index (χ2n) is 2.87. The first-order valence-electron chi connectivity index (χ1n) is 3.75. The third-order valence-corrected chi connectivity index (χ3v) is 5.05. The zero-order valence-corrected chi connectivity index (χ0v) is 12.4. The van der Waals surface area contributed by atoms with Gasteiger partial charge in [0.25, 0.3) is 0 Å². The first-order chi connectivity index (χ1) is 7.37. The highest BCUT2D eigenvalue weighted by atomic mass is 35.5. The summed E-state index contributed by atoms with van der Waals surface area (Å²) in [4.78, 5) is 0. The van der Waals surface area contributed by atoms with Gasteiger partial charge in [-0.2, -0.15) is 0 Å². The van der Waals surface area contributed by atoms with Gasteiger partial charge in [-0.25, -0.2) is 4.09 Å². The Hall–Kier alpha value is 0.790. The molecule has 0 fully saturated rings. The molecule has 8 heteroatoms. The molecule has 0 N–H and O–H groups in total. The summed E-state index contributed by atoms with van der Waals surface area (Å²) in [5.74, 6) is 0. The SMILES string of the molecule is Clc1c(Cl)c(Cl)c2c(c1Cl)c(Cl)c(Cl)n2Cl. The van der Waals surface area contributed by atoms with E-state index in [-0.39, 0.29) is 30.3 Å². The maximum atomic E-state index is 6.00. The Morgan fingerprint density at radius 1 is 0.625 bits per heavy atom. The maximum Gasteiger partial charge on any atom is 0.143 e. The minimum absolute atomic E-state index is 0.0977. The van der Waals surface area contributed by atoms with Crippen LogP contribution in [0.1, 0.15) is 0 Å². The Morgan fingerprint density at radius 2 is 1.12 bits per heavy atom. The lowest BCUT2D eigenvalue weighted by atomic mass is 10.2. The second-order valence-corrected chi connectivity index (χ2v) is 5.45. The molecule has 0 saturated heterocycles. The van der Waals surface area contributed by atoms with Gasteiger partial charge in [0.05, 0.1) is 30.6 Å². The molecule has 0 unspecified atom stereocenters. The quantitative estimate of drug-likeness (QED) is 0.371. The van der Waals surface area contributed by atoms with Gasteiger partial charge in [-0.3, -0.25) is 0 Å². The highest BCUT2D eigenvalue weighted by molar-refractivity contribution is 6.58. The molecule has 0 aliphatic carbocycles. The zero-order chi connectivity index (χ0) is 12.2. The molecule has 0 saturated carbocycles. The summed E-state index contributed by atoms with van der Waals surface area (Å²) < 4.78 is 1.08. The molecule has 0 radical (unpaired) electrons. The number of aromatic nitrogens is 1. The topological polar surface area (TPSA) is 4.93 Å². The van der Waals surface area contributed by atoms with Crippen LogP contribution in [0.25, 0.3) is 10.9 Å². The molecular formula is C8Cl7N. The summed E-state index contributed by atoms with van der Waals surface area (Å²) in [7, 11) is 0. The number of nitrogens with zero attached hydrogens (tertiary/aromatic N) is 1. The number of hydrogen-bond acceptors (Lipinski definition) is 0. The van der Waals surface area contributed by atoms with Crippen LogP contribution in [0.2, 0.25) is 30.3 Å². The van der Waals surface area contributed by atoms with Gasteiger partial charge < -0.3 is 0 Å². The van der Waals surface area contributed by atoms with Crippen LogP contribution in [0.15, 0.2) is 0 Å². The van der Waals surface area contributed by atoms with Crippen molar-refractivity contribution < 1.29 is 0 Å². The molecular weight excluding hydrogens is 358 g/mol. The number of fused-ring (bicyclic) bond motifs is 1. The van der Waals surface area contributed by atoms with Crippen molar-refractivity contribution in [2.45, 2.75) is 0 Å². The monoisotopic (exact) mass is 355 g/mol. The van der Waals surface area contributed by atoms with Gasteiger partial charge in [0.2, 0.25) is 0 Å². The van der Waals surface area contributed by atoms with Crippen molar-refractivity contribution >= 4 is 92.3 Å². The van der Waals surface area contributed by atoms with E-state index in [4.69, 9.17) is 81.4 Å². The number of benzene rings is 1. The van der Waals surface area contributed by atoms with Crippen molar-refractivity contribution in [3.05, 3.63) is 30.3 Å². The summed E-state index contributed by atoms with van der Waals surface area (Å²) in [6.07, 6.45) is 0. The first kappa shape index (κ1) is 13.2. The summed E-state index contributed by atoms with van der Waals surface area (Å²) in [5.41, 5.74) is 0.331. The molecule has 0 atom stereocenters. The molecule has 2 rings (SSSR count). The molecule has 2 aromatic rings. The highest BCUT2D eigenvalue weighted by Gasteiger charge is 2.23. The average Bonchev–Trinajstić information content (AvgIpc) is 2.48. The third kappa shape index (κ3) is 1.69. The predicted octanol–water partition coefficient (Wildman–Crippen LogP) is 6.56. The molecule has 0 bridgehead atoms. The van der Waals surface area contributed by atoms with Gasteiger partial charge in [0.1, 0.15) is 5.15 Å². The summed E-state index contributed by atoms with van der Waals surface area (Å²) in [6.45, 7) is 0. The van der Waals surface area contributed by atoms with E-state index in [0.717, 1.165) is 4.09 Å². The largest absolute Gasteiger partial charge is 0.239 e. The lowest BCUT2D eigenvalue weighted by molar-refractivity contribution is 1.33. The van der Waals surface area contributed by atoms with E-state index in [0.29, 0.717) is 10.9 Å². The van der Waals surface area contributed by atoms with E-state index in [2.05, 4.69) is 0 Å². The molecule has 0 spiro atoms. The number of hydrogen-bond donors (Lipinski definition) is 0. The Bertz CT molecular complexity index is 550. The van der Waals surface area contributed by atoms with Gasteiger partial charge in [-0.15, -0.1) is 0 Å². The third-order valence-electron chi connectivity index (χ3n) is 2.01. The number of rotatable bonds is 0. The van der Waals surface area contributed by atoms with Gasteiger partial charge in [-0.1, -0.05) is 69.6 Å². The maximum absolute atomic E-state index is 6.00. The summed E-state index contributed by atoms with van der Waals surface area (Å²) >= 11 is 41.5. The van der Waals surface area contributed by atoms with Crippen molar-refractivity contribution in [1.82, 2.24) is 4.09 Å². The van der Waals surface area contributed by atoms with E-state index in [1.165, 1.54) is 0 Å². The molecule has 86 valence electrons. The van der Waals surface area contributed by atoms with E-state index >= 15 is 0 Å². The normalized spacial score (nSPS) is 11.4. The minimum atomic E-state index is 0.0977. The van der Waals surface area contributed by atoms with Gasteiger partial charge >= 0.3 is 0 Å². The van der Waals surface area contributed by atoms with Crippen molar-refractivity contribution in [1.29, 1.82) is 0 Å². The van der Waals surface area contributed by atoms with Crippen LogP contribution < -0.4 is 0 Å². The molecule has 0 aliphatic heterocycles. The van der Waals surface area contributed by atoms with Crippen LogP contribution in [-0.4, -0.2) is 4.09 Å². The Kier molecular flexibility index (Phi) is 3.70. The molecule has 1 heterocycles. The lowest BCUT2D eigenvalue weighted by Gasteiger charge is -2.05. The Morgan fingerprint density at radius 3 is 1.69 bits per heavy atom. The predicted molar refractivity (Wildman–Crippen MR) is 73.2 cm³/mol. The number of halogens is 7. The lowest BCUT2D eigenvalue weighted by Crippen LogP contribution is -1.83. The smallest absolute Gasteiger partial charge is 0.143 e. The average molecular weight is 358 g/mol. The molecule has 1 aromatic heterocycles. The fourth-order valence-corrected chi connectivity index (χ4v) is 3.15. The molecule has 16 heavy (non-hydrogen) atoms. The Balaban J connectivity index is 3.15. The van der Waals surface area contributed by atoms with Crippen LogP contribution in [0.3, 0.4) is 0 Å². The summed E-state index contributed by atoms with van der Waals surface area (Å²) in [5, 5.41) is 1.18. The van der Waals surface area contributed by atoms with Crippen LogP contribution in [0, 0.1) is 0 Å². The molecule has 0 aliphatic rings. The van der Waals surface area contributed by atoms with Crippen molar-refractivity contribution in [2.24, 2.45) is 0 Å². The van der Waals surface area contributed by atoms with Gasteiger partial charge in [0.15, 0.2) is 0 Å². The van der Waals surface area contributed by atoms with Crippen molar-refractivity contribution in [3.63, 3.8) is 0 Å². The second kappa shape index (κ2) is 4.47. The van der Waals surface area contributed by atoms with Crippen molar-refractivity contribution in [2.75, 3.05) is 0 Å². The molecule has 1 aromatic carbocycles. The standard InChI is InChI=1S/C8Cl7N/c9-2-1-3(10)8(14)16(15)7(1)6(13)5(12)4(2)11. The Labute approximate surface area is 126 Å². The van der Waals surface area contributed by atoms with Crippen LogP contribution in [0.5, 0.6) is 0 Å². The van der Waals surface area contributed by atoms with Crippen LogP contribution in [0.4, 0.5) is 0 Å². The first-order valence-corrected chi connectivity index (χ1v) is 6.36. The summed E-state index contributed by atoms with van der Waals surface area (Å²) in [6, 6.07) is 0. The van der Waals surface area contributed by atoms with E-state index in [9.17, 15) is 0 Å². The van der Waals surface area contributed by atoms with Crippen LogP contribution >= 0.6 is 81.4 Å². The fourth-order valence-electron chi connectivity index (χ4n) is 1.29. The van der Waals surface area contributed by atoms with Crippen molar-refractivity contribution in [3.8, 4) is 0 Å². The molecule has 0 amide bonds. The van der Waals surface area contributed by atoms with E-state index in [1.807, 2.05) is 0 Å². The van der Waals surface area contributed by atoms with E-state index < -0.39 is 0 Å². The fraction of sp³-hybridized carbons (Fsp3) is 0. The van der Waals surface area contributed by atoms with Crippen LogP contribution in [-0.2, 0) is 0 Å².